The Morgan fingerprint density at radius 1 is 1.36 bits per heavy atom. The molecule has 116 valence electrons. The van der Waals surface area contributed by atoms with Crippen LogP contribution in [0.2, 0.25) is 0 Å². The van der Waals surface area contributed by atoms with Gasteiger partial charge in [-0.1, -0.05) is 0 Å². The van der Waals surface area contributed by atoms with Gasteiger partial charge in [-0.3, -0.25) is 9.89 Å². The van der Waals surface area contributed by atoms with Crippen molar-refractivity contribution in [1.29, 1.82) is 0 Å². The molecule has 7 nitrogen and oxygen atoms in total. The minimum Gasteiger partial charge on any atom is -0.485 e. The zero-order chi connectivity index (χ0) is 15.5. The van der Waals surface area contributed by atoms with Crippen LogP contribution in [0.5, 0.6) is 5.75 Å². The van der Waals surface area contributed by atoms with Gasteiger partial charge in [0.1, 0.15) is 11.9 Å². The summed E-state index contributed by atoms with van der Waals surface area (Å²) >= 11 is 0. The second-order valence-electron chi connectivity index (χ2n) is 5.52. The molecule has 2 N–H and O–H groups in total. The van der Waals surface area contributed by atoms with Gasteiger partial charge in [-0.15, -0.1) is 0 Å². The van der Waals surface area contributed by atoms with E-state index in [1.165, 1.54) is 0 Å². The van der Waals surface area contributed by atoms with E-state index >= 15 is 0 Å². The van der Waals surface area contributed by atoms with E-state index in [4.69, 9.17) is 4.74 Å². The highest BCUT2D eigenvalue weighted by atomic mass is 16.5. The molecule has 1 aliphatic carbocycles. The van der Waals surface area contributed by atoms with Gasteiger partial charge < -0.3 is 10.1 Å². The summed E-state index contributed by atoms with van der Waals surface area (Å²) in [7, 11) is 0. The fourth-order valence-corrected chi connectivity index (χ4v) is 2.76. The highest BCUT2D eigenvalue weighted by molar-refractivity contribution is 5.95. The fourth-order valence-electron chi connectivity index (χ4n) is 2.76. The molecule has 0 saturated heterocycles. The van der Waals surface area contributed by atoms with E-state index in [0.29, 0.717) is 22.8 Å². The Balaban J connectivity index is 1.67. The molecule has 0 radical (unpaired) electrons. The molecule has 22 heavy (non-hydrogen) atoms. The number of H-pyrrole nitrogens is 1. The molecule has 0 aliphatic heterocycles. The zero-order valence-corrected chi connectivity index (χ0v) is 12.7. The maximum Gasteiger partial charge on any atom is 0.255 e. The molecule has 1 amide bonds. The van der Waals surface area contributed by atoms with Crippen LogP contribution in [-0.2, 0) is 0 Å². The molecular formula is C15H19N5O2. The summed E-state index contributed by atoms with van der Waals surface area (Å²) in [6, 6.07) is -0.0110. The van der Waals surface area contributed by atoms with E-state index in [1.807, 2.05) is 6.92 Å². The van der Waals surface area contributed by atoms with E-state index in [-0.39, 0.29) is 18.1 Å². The van der Waals surface area contributed by atoms with Gasteiger partial charge in [0.2, 0.25) is 0 Å². The van der Waals surface area contributed by atoms with Crippen molar-refractivity contribution in [3.8, 4) is 5.75 Å². The number of carbonyl (C=O) groups is 1. The highest BCUT2D eigenvalue weighted by Gasteiger charge is 2.31. The van der Waals surface area contributed by atoms with E-state index in [0.717, 1.165) is 19.3 Å². The van der Waals surface area contributed by atoms with E-state index in [1.54, 1.807) is 25.5 Å². The molecule has 2 atom stereocenters. The summed E-state index contributed by atoms with van der Waals surface area (Å²) in [6.45, 7) is 3.62. The van der Waals surface area contributed by atoms with Crippen LogP contribution in [0.25, 0.3) is 0 Å². The molecule has 2 aromatic heterocycles. The number of nitrogens with zero attached hydrogens (tertiary/aromatic N) is 3. The molecule has 3 rings (SSSR count). The van der Waals surface area contributed by atoms with Gasteiger partial charge in [-0.2, -0.15) is 5.10 Å². The number of aryl methyl sites for hydroxylation is 2. The van der Waals surface area contributed by atoms with Crippen LogP contribution >= 0.6 is 0 Å². The number of nitrogens with one attached hydrogen (secondary N) is 2. The first-order valence-electron chi connectivity index (χ1n) is 7.40. The molecule has 0 unspecified atom stereocenters. The Hall–Kier alpha value is -2.44. The molecule has 0 aromatic carbocycles. The maximum absolute atomic E-state index is 12.4. The van der Waals surface area contributed by atoms with Crippen molar-refractivity contribution in [3.05, 3.63) is 35.7 Å². The molecule has 1 saturated carbocycles. The molecule has 2 aromatic rings. The molecule has 0 spiro atoms. The number of rotatable bonds is 4. The summed E-state index contributed by atoms with van der Waals surface area (Å²) in [6.07, 6.45) is 7.72. The summed E-state index contributed by atoms with van der Waals surface area (Å²) in [5.74, 6) is 1.21. The van der Waals surface area contributed by atoms with Crippen LogP contribution < -0.4 is 10.1 Å². The van der Waals surface area contributed by atoms with Crippen LogP contribution in [0.3, 0.4) is 0 Å². The first kappa shape index (κ1) is 14.5. The van der Waals surface area contributed by atoms with Crippen LogP contribution in [0, 0.1) is 13.8 Å². The average molecular weight is 301 g/mol. The topological polar surface area (TPSA) is 92.8 Å². The van der Waals surface area contributed by atoms with E-state index in [2.05, 4.69) is 25.5 Å². The van der Waals surface area contributed by atoms with Crippen molar-refractivity contribution in [1.82, 2.24) is 25.5 Å². The van der Waals surface area contributed by atoms with Gasteiger partial charge >= 0.3 is 0 Å². The molecule has 7 heteroatoms. The summed E-state index contributed by atoms with van der Waals surface area (Å²) in [5.41, 5.74) is 1.20. The third kappa shape index (κ3) is 3.08. The van der Waals surface area contributed by atoms with Crippen molar-refractivity contribution in [2.45, 2.75) is 45.3 Å². The second-order valence-corrected chi connectivity index (χ2v) is 5.52. The van der Waals surface area contributed by atoms with Crippen molar-refractivity contribution in [3.63, 3.8) is 0 Å². The fraction of sp³-hybridized carbons (Fsp3) is 0.467. The lowest BCUT2D eigenvalue weighted by atomic mass is 10.1. The molecule has 1 aliphatic rings. The summed E-state index contributed by atoms with van der Waals surface area (Å²) in [5, 5.41) is 9.63. The Bertz CT molecular complexity index is 656. The Labute approximate surface area is 128 Å². The maximum atomic E-state index is 12.4. The van der Waals surface area contributed by atoms with Gasteiger partial charge in [0.05, 0.1) is 29.7 Å². The average Bonchev–Trinajstić information content (AvgIpc) is 3.12. The number of hydrogen-bond donors (Lipinski definition) is 2. The number of amides is 1. The smallest absolute Gasteiger partial charge is 0.255 e. The van der Waals surface area contributed by atoms with Gasteiger partial charge in [0.25, 0.3) is 5.91 Å². The molecule has 2 heterocycles. The van der Waals surface area contributed by atoms with Crippen molar-refractivity contribution in [2.24, 2.45) is 0 Å². The third-order valence-electron chi connectivity index (χ3n) is 3.87. The lowest BCUT2D eigenvalue weighted by Gasteiger charge is -2.21. The number of aromatic nitrogens is 4. The van der Waals surface area contributed by atoms with E-state index in [9.17, 15) is 4.79 Å². The number of aromatic amines is 1. The zero-order valence-electron chi connectivity index (χ0n) is 12.7. The minimum absolute atomic E-state index is 0.0110. The predicted octanol–water partition coefficient (Wildman–Crippen LogP) is 1.55. The number of ether oxygens (including phenoxy) is 1. The monoisotopic (exact) mass is 301 g/mol. The molecule has 0 bridgehead atoms. The lowest BCUT2D eigenvalue weighted by molar-refractivity contribution is 0.0892. The van der Waals surface area contributed by atoms with Crippen molar-refractivity contribution in [2.75, 3.05) is 0 Å². The highest BCUT2D eigenvalue weighted by Crippen LogP contribution is 2.24. The van der Waals surface area contributed by atoms with Gasteiger partial charge in [-0.05, 0) is 33.1 Å². The van der Waals surface area contributed by atoms with Gasteiger partial charge in [0.15, 0.2) is 5.75 Å². The standard InChI is InChI=1S/C15H19N5O2/c1-9-12(8-16-10(2)19-9)15(21)20-13-4-3-5-14(13)22-11-6-17-18-7-11/h6-8,13-14H,3-5H2,1-2H3,(H,17,18)(H,20,21)/t13-,14+/m0/s1. The largest absolute Gasteiger partial charge is 0.485 e. The number of carbonyl (C=O) groups excluding carboxylic acids is 1. The van der Waals surface area contributed by atoms with Crippen LogP contribution in [-0.4, -0.2) is 38.2 Å². The lowest BCUT2D eigenvalue weighted by Crippen LogP contribution is -2.42. The predicted molar refractivity (Wildman–Crippen MR) is 79.6 cm³/mol. The number of hydrogen-bond acceptors (Lipinski definition) is 5. The minimum atomic E-state index is -0.148. The van der Waals surface area contributed by atoms with Crippen molar-refractivity contribution < 1.29 is 9.53 Å². The first-order valence-corrected chi connectivity index (χ1v) is 7.40. The van der Waals surface area contributed by atoms with Crippen LogP contribution in [0.1, 0.15) is 41.1 Å². The molecular weight excluding hydrogens is 282 g/mol. The third-order valence-corrected chi connectivity index (χ3v) is 3.87. The summed E-state index contributed by atoms with van der Waals surface area (Å²) in [4.78, 5) is 20.7. The Morgan fingerprint density at radius 3 is 2.95 bits per heavy atom. The van der Waals surface area contributed by atoms with Gasteiger partial charge in [-0.25, -0.2) is 9.97 Å². The SMILES string of the molecule is Cc1ncc(C(=O)N[C@H]2CCC[C@H]2Oc2cn[nH]c2)c(C)n1. The first-order chi connectivity index (χ1) is 10.6. The van der Waals surface area contributed by atoms with Crippen molar-refractivity contribution >= 4 is 5.91 Å². The normalized spacial score (nSPS) is 20.8. The summed E-state index contributed by atoms with van der Waals surface area (Å²) < 4.78 is 5.87. The molecule has 1 fully saturated rings. The van der Waals surface area contributed by atoms with Gasteiger partial charge in [0, 0.05) is 6.20 Å². The Kier molecular flexibility index (Phi) is 4.04. The van der Waals surface area contributed by atoms with Crippen LogP contribution in [0.4, 0.5) is 0 Å². The van der Waals surface area contributed by atoms with Crippen LogP contribution in [0.15, 0.2) is 18.6 Å². The quantitative estimate of drug-likeness (QED) is 0.893. The second kappa shape index (κ2) is 6.13. The Morgan fingerprint density at radius 2 is 2.23 bits per heavy atom. The van der Waals surface area contributed by atoms with E-state index < -0.39 is 0 Å².